The van der Waals surface area contributed by atoms with E-state index in [9.17, 15) is 45.0 Å². The van der Waals surface area contributed by atoms with Crippen LogP contribution in [-0.4, -0.2) is 84.7 Å². The third kappa shape index (κ3) is 3.02. The quantitative estimate of drug-likeness (QED) is 0.0717. The van der Waals surface area contributed by atoms with Crippen LogP contribution in [0.3, 0.4) is 0 Å². The van der Waals surface area contributed by atoms with Gasteiger partial charge in [0.25, 0.3) is 0 Å². The number of phenols is 3. The summed E-state index contributed by atoms with van der Waals surface area (Å²) >= 11 is 0. The number of benzene rings is 2. The molecule has 2 aromatic carbocycles. The number of nitrogens with one attached hydrogen (secondary N) is 1. The Balaban J connectivity index is 1.68. The van der Waals surface area contributed by atoms with Gasteiger partial charge in [-0.2, -0.15) is 0 Å². The average molecular weight is 559 g/mol. The van der Waals surface area contributed by atoms with Crippen molar-refractivity contribution in [3.8, 4) is 40.9 Å². The van der Waals surface area contributed by atoms with Gasteiger partial charge in [0.05, 0.1) is 29.5 Å². The average Bonchev–Trinajstić information content (AvgIpc) is 3.68. The second-order valence-corrected chi connectivity index (χ2v) is 10.1. The summed E-state index contributed by atoms with van der Waals surface area (Å²) in [6.45, 7) is 1.07. The van der Waals surface area contributed by atoms with Gasteiger partial charge in [-0.3, -0.25) is 9.59 Å². The van der Waals surface area contributed by atoms with Gasteiger partial charge in [0, 0.05) is 11.1 Å². The van der Waals surface area contributed by atoms with Crippen LogP contribution in [0.2, 0.25) is 0 Å². The van der Waals surface area contributed by atoms with Crippen LogP contribution in [-0.2, 0) is 19.9 Å². The van der Waals surface area contributed by atoms with E-state index in [0.29, 0.717) is 0 Å². The highest BCUT2D eigenvalue weighted by atomic mass is 16.7. The van der Waals surface area contributed by atoms with Crippen LogP contribution in [0.15, 0.2) is 30.4 Å². The van der Waals surface area contributed by atoms with E-state index in [0.717, 1.165) is 32.2 Å². The van der Waals surface area contributed by atoms with Gasteiger partial charge in [0.1, 0.15) is 17.4 Å². The zero-order valence-electron chi connectivity index (χ0n) is 21.3. The summed E-state index contributed by atoms with van der Waals surface area (Å²) in [6.07, 6.45) is -1.34. The van der Waals surface area contributed by atoms with Crippen LogP contribution in [0, 0.1) is 23.7 Å². The molecule has 2 heterocycles. The highest BCUT2D eigenvalue weighted by Gasteiger charge is 2.87. The standard InChI is InChI=1S/C29H21NO11/c1-27(39,25(37)26(38)40-2)29-16-7-5-3-4-6-8-17(33)28(29,41-29)13-11-15(32)19-20(21(13)30-16)24(36)18-12(22(19)34)9-10-14(31)23(18)35/h3-4,9-11,16-17,25,30-33,35,37,39H,1-2H3/b4-3-/t16-,17+,25?,27?,28-,29+/m0/s1. The van der Waals surface area contributed by atoms with Crippen molar-refractivity contribution in [2.45, 2.75) is 42.0 Å². The first-order valence-corrected chi connectivity index (χ1v) is 12.2. The number of phenolic OH excluding ortho intramolecular Hbond substituents is 3. The molecule has 2 aliphatic carbocycles. The number of aromatic hydroxyl groups is 3. The summed E-state index contributed by atoms with van der Waals surface area (Å²) < 4.78 is 10.7. The number of anilines is 1. The molecule has 2 bridgehead atoms. The predicted octanol–water partition coefficient (Wildman–Crippen LogP) is -0.440. The summed E-state index contributed by atoms with van der Waals surface area (Å²) in [5, 5.41) is 68.6. The van der Waals surface area contributed by atoms with Gasteiger partial charge in [0.15, 0.2) is 40.7 Å². The highest BCUT2D eigenvalue weighted by Crippen LogP contribution is 2.70. The fraction of sp³-hybridized carbons (Fsp3) is 0.276. The SMILES string of the molecule is COC(=O)C(O)C(C)(O)[C@@]12O[C@]13c1cc(O)c4c(c1N[C@H]2C#C/C=C\C#C[C@H]3O)C(=O)c1c(ccc(O)c1O)C4=O. The van der Waals surface area contributed by atoms with Crippen LogP contribution in [0.25, 0.3) is 0 Å². The molecule has 7 N–H and O–H groups in total. The second kappa shape index (κ2) is 8.33. The van der Waals surface area contributed by atoms with Crippen molar-refractivity contribution < 1.29 is 54.5 Å². The number of esters is 1. The van der Waals surface area contributed by atoms with E-state index in [2.05, 4.69) is 33.7 Å². The van der Waals surface area contributed by atoms with Gasteiger partial charge < -0.3 is 45.4 Å². The van der Waals surface area contributed by atoms with E-state index in [1.54, 1.807) is 0 Å². The highest BCUT2D eigenvalue weighted by molar-refractivity contribution is 6.32. The van der Waals surface area contributed by atoms with Crippen LogP contribution < -0.4 is 5.32 Å². The zero-order chi connectivity index (χ0) is 29.6. The normalized spacial score (nSPS) is 29.2. The smallest absolute Gasteiger partial charge is 0.337 e. The maximum Gasteiger partial charge on any atom is 0.337 e. The molecule has 0 aromatic heterocycles. The van der Waals surface area contributed by atoms with Gasteiger partial charge in [-0.15, -0.1) is 0 Å². The number of hydrogen-bond acceptors (Lipinski definition) is 12. The second-order valence-electron chi connectivity index (χ2n) is 10.1. The molecular weight excluding hydrogens is 538 g/mol. The van der Waals surface area contributed by atoms with Gasteiger partial charge >= 0.3 is 5.97 Å². The Morgan fingerprint density at radius 3 is 2.44 bits per heavy atom. The molecule has 1 saturated heterocycles. The molecule has 2 aliphatic heterocycles. The molecule has 4 aliphatic rings. The fourth-order valence-electron chi connectivity index (χ4n) is 6.13. The maximum atomic E-state index is 13.9. The molecule has 12 nitrogen and oxygen atoms in total. The minimum absolute atomic E-state index is 0.147. The number of aliphatic hydroxyl groups excluding tert-OH is 2. The van der Waals surface area contributed by atoms with E-state index in [1.807, 2.05) is 0 Å². The molecule has 1 fully saturated rings. The zero-order valence-corrected chi connectivity index (χ0v) is 21.3. The molecule has 2 aromatic rings. The van der Waals surface area contributed by atoms with Crippen molar-refractivity contribution in [3.63, 3.8) is 0 Å². The van der Waals surface area contributed by atoms with Crippen molar-refractivity contribution in [2.24, 2.45) is 0 Å². The van der Waals surface area contributed by atoms with Crippen LogP contribution in [0.1, 0.15) is 44.3 Å². The van der Waals surface area contributed by atoms with Gasteiger partial charge in [-0.05, 0) is 37.3 Å². The van der Waals surface area contributed by atoms with Crippen molar-refractivity contribution in [2.75, 3.05) is 12.4 Å². The van der Waals surface area contributed by atoms with Crippen LogP contribution in [0.4, 0.5) is 5.69 Å². The largest absolute Gasteiger partial charge is 0.507 e. The lowest BCUT2D eigenvalue weighted by molar-refractivity contribution is -0.174. The molecule has 6 rings (SSSR count). The van der Waals surface area contributed by atoms with E-state index < -0.39 is 86.5 Å². The number of aliphatic hydroxyl groups is 3. The van der Waals surface area contributed by atoms with E-state index in [4.69, 9.17) is 4.74 Å². The fourth-order valence-corrected chi connectivity index (χ4v) is 6.13. The van der Waals surface area contributed by atoms with Crippen molar-refractivity contribution in [1.82, 2.24) is 0 Å². The van der Waals surface area contributed by atoms with Crippen molar-refractivity contribution >= 4 is 23.2 Å². The number of carbonyl (C=O) groups is 3. The van der Waals surface area contributed by atoms with E-state index in [1.165, 1.54) is 12.2 Å². The Kier molecular flexibility index (Phi) is 5.36. The number of fused-ring (bicyclic) bond motifs is 4. The molecule has 208 valence electrons. The Labute approximate surface area is 231 Å². The van der Waals surface area contributed by atoms with Gasteiger partial charge in [0.2, 0.25) is 5.78 Å². The van der Waals surface area contributed by atoms with Crippen LogP contribution >= 0.6 is 0 Å². The summed E-state index contributed by atoms with van der Waals surface area (Å²) in [6, 6.07) is 1.84. The number of ether oxygens (including phenoxy) is 2. The lowest BCUT2D eigenvalue weighted by Gasteiger charge is -2.43. The summed E-state index contributed by atoms with van der Waals surface area (Å²) in [4.78, 5) is 39.7. The molecule has 0 radical (unpaired) electrons. The third-order valence-electron chi connectivity index (χ3n) is 8.11. The summed E-state index contributed by atoms with van der Waals surface area (Å²) in [5.74, 6) is 5.38. The summed E-state index contributed by atoms with van der Waals surface area (Å²) in [7, 11) is 0.994. The molecule has 41 heavy (non-hydrogen) atoms. The lowest BCUT2D eigenvalue weighted by Crippen LogP contribution is -2.66. The molecular formula is C29H21NO11. The first-order chi connectivity index (χ1) is 19.4. The molecule has 0 spiro atoms. The Hall–Kier alpha value is -4.85. The maximum absolute atomic E-state index is 13.9. The molecule has 2 unspecified atom stereocenters. The van der Waals surface area contributed by atoms with Gasteiger partial charge in [-0.25, -0.2) is 4.79 Å². The number of ketones is 2. The predicted molar refractivity (Wildman–Crippen MR) is 137 cm³/mol. The monoisotopic (exact) mass is 559 g/mol. The number of allylic oxidation sites excluding steroid dienone is 2. The van der Waals surface area contributed by atoms with E-state index in [-0.39, 0.29) is 16.8 Å². The topological polar surface area (TPSA) is 206 Å². The Morgan fingerprint density at radius 1 is 1.07 bits per heavy atom. The minimum Gasteiger partial charge on any atom is -0.507 e. The minimum atomic E-state index is -2.53. The number of carbonyl (C=O) groups excluding carboxylic acids is 3. The molecule has 0 saturated carbocycles. The number of epoxide rings is 1. The number of rotatable bonds is 3. The van der Waals surface area contributed by atoms with Crippen molar-refractivity contribution in [1.29, 1.82) is 0 Å². The van der Waals surface area contributed by atoms with Gasteiger partial charge in [-0.1, -0.05) is 23.7 Å². The Bertz CT molecular complexity index is 1770. The number of hydrogen-bond donors (Lipinski definition) is 7. The van der Waals surface area contributed by atoms with Crippen LogP contribution in [0.5, 0.6) is 17.2 Å². The molecule has 0 amide bonds. The lowest BCUT2D eigenvalue weighted by atomic mass is 9.64. The molecule has 12 heteroatoms. The van der Waals surface area contributed by atoms with Crippen molar-refractivity contribution in [3.05, 3.63) is 58.2 Å². The first kappa shape index (κ1) is 26.4. The summed E-state index contributed by atoms with van der Waals surface area (Å²) in [5.41, 5.74) is -8.71. The Morgan fingerprint density at radius 2 is 1.76 bits per heavy atom. The molecule has 6 atom stereocenters. The number of methoxy groups -OCH3 is 1. The third-order valence-corrected chi connectivity index (χ3v) is 8.11. The van der Waals surface area contributed by atoms with E-state index >= 15 is 0 Å². The first-order valence-electron chi connectivity index (χ1n) is 12.2.